The van der Waals surface area contributed by atoms with E-state index in [1.807, 2.05) is 45.6 Å². The molecule has 7 nitrogen and oxygen atoms in total. The van der Waals surface area contributed by atoms with Gasteiger partial charge in [-0.1, -0.05) is 20.8 Å². The topological polar surface area (TPSA) is 75.6 Å². The van der Waals surface area contributed by atoms with Gasteiger partial charge in [0.25, 0.3) is 0 Å². The minimum atomic E-state index is -0.355. The van der Waals surface area contributed by atoms with Gasteiger partial charge in [-0.2, -0.15) is 0 Å². The summed E-state index contributed by atoms with van der Waals surface area (Å²) in [5.41, 5.74) is 0.484. The SMILES string of the molecule is Cc1cc(N2C[C@@H](C)OC2=O)nc(C2CCN(C(=O)C(C)(C)C)CC2)n1. The van der Waals surface area contributed by atoms with Crippen LogP contribution in [0.5, 0.6) is 0 Å². The Balaban J connectivity index is 1.73. The Morgan fingerprint density at radius 1 is 1.23 bits per heavy atom. The minimum absolute atomic E-state index is 0.132. The van der Waals surface area contributed by atoms with E-state index < -0.39 is 0 Å². The van der Waals surface area contributed by atoms with Crippen molar-refractivity contribution >= 4 is 17.8 Å². The fraction of sp³-hybridized carbons (Fsp3) is 0.684. The van der Waals surface area contributed by atoms with Gasteiger partial charge in [-0.3, -0.25) is 9.69 Å². The van der Waals surface area contributed by atoms with Crippen molar-refractivity contribution in [3.63, 3.8) is 0 Å². The van der Waals surface area contributed by atoms with Gasteiger partial charge in [0.15, 0.2) is 0 Å². The maximum atomic E-state index is 12.4. The number of amides is 2. The third-order valence-electron chi connectivity index (χ3n) is 4.89. The van der Waals surface area contributed by atoms with Crippen molar-refractivity contribution in [1.82, 2.24) is 14.9 Å². The number of rotatable bonds is 2. The van der Waals surface area contributed by atoms with Crippen LogP contribution in [-0.2, 0) is 9.53 Å². The van der Waals surface area contributed by atoms with Gasteiger partial charge in [0.05, 0.1) is 6.54 Å². The zero-order valence-corrected chi connectivity index (χ0v) is 16.3. The molecule has 7 heteroatoms. The van der Waals surface area contributed by atoms with E-state index in [-0.39, 0.29) is 29.4 Å². The molecule has 1 aromatic rings. The summed E-state index contributed by atoms with van der Waals surface area (Å²) in [6.45, 7) is 11.6. The maximum absolute atomic E-state index is 12.4. The third-order valence-corrected chi connectivity index (χ3v) is 4.89. The van der Waals surface area contributed by atoms with Gasteiger partial charge in [-0.25, -0.2) is 14.8 Å². The van der Waals surface area contributed by atoms with Crippen molar-refractivity contribution in [2.45, 2.75) is 59.5 Å². The van der Waals surface area contributed by atoms with Crippen LogP contribution in [0.4, 0.5) is 10.6 Å². The number of aryl methyl sites for hydroxylation is 1. The number of hydrogen-bond acceptors (Lipinski definition) is 5. The quantitative estimate of drug-likeness (QED) is 0.810. The van der Waals surface area contributed by atoms with Gasteiger partial charge in [0.1, 0.15) is 17.7 Å². The first kappa shape index (κ1) is 18.6. The lowest BCUT2D eigenvalue weighted by Gasteiger charge is -2.35. The molecule has 26 heavy (non-hydrogen) atoms. The van der Waals surface area contributed by atoms with E-state index in [1.54, 1.807) is 4.90 Å². The van der Waals surface area contributed by atoms with Gasteiger partial charge in [0, 0.05) is 36.2 Å². The fourth-order valence-electron chi connectivity index (χ4n) is 3.50. The summed E-state index contributed by atoms with van der Waals surface area (Å²) in [6.07, 6.45) is 1.19. The molecule has 0 unspecified atom stereocenters. The molecule has 2 amide bonds. The molecule has 1 aromatic heterocycles. The minimum Gasteiger partial charge on any atom is -0.444 e. The summed E-state index contributed by atoms with van der Waals surface area (Å²) in [7, 11) is 0. The van der Waals surface area contributed by atoms with Crippen LogP contribution >= 0.6 is 0 Å². The number of cyclic esters (lactones) is 1. The summed E-state index contributed by atoms with van der Waals surface area (Å²) < 4.78 is 5.21. The molecule has 0 bridgehead atoms. The lowest BCUT2D eigenvalue weighted by atomic mass is 9.90. The monoisotopic (exact) mass is 360 g/mol. The van der Waals surface area contributed by atoms with Gasteiger partial charge < -0.3 is 9.64 Å². The molecule has 0 N–H and O–H groups in total. The first-order valence-electron chi connectivity index (χ1n) is 9.28. The molecule has 0 saturated carbocycles. The molecule has 0 spiro atoms. The average Bonchev–Trinajstić information content (AvgIpc) is 2.91. The van der Waals surface area contributed by atoms with Gasteiger partial charge in [-0.05, 0) is 26.7 Å². The van der Waals surface area contributed by atoms with E-state index in [0.29, 0.717) is 12.4 Å². The summed E-state index contributed by atoms with van der Waals surface area (Å²) >= 11 is 0. The standard InChI is InChI=1S/C19H28N4O3/c1-12-10-15(23-11-13(2)26-18(23)25)21-16(20-12)14-6-8-22(9-7-14)17(24)19(3,4)5/h10,13-14H,6-9,11H2,1-5H3/t13-/m1/s1. The largest absolute Gasteiger partial charge is 0.444 e. The maximum Gasteiger partial charge on any atom is 0.415 e. The van der Waals surface area contributed by atoms with Crippen LogP contribution in [-0.4, -0.2) is 52.6 Å². The van der Waals surface area contributed by atoms with Gasteiger partial charge >= 0.3 is 6.09 Å². The molecule has 1 atom stereocenters. The molecule has 2 saturated heterocycles. The van der Waals surface area contributed by atoms with Crippen LogP contribution in [0.3, 0.4) is 0 Å². The Morgan fingerprint density at radius 2 is 1.88 bits per heavy atom. The lowest BCUT2D eigenvalue weighted by Crippen LogP contribution is -2.44. The number of carbonyl (C=O) groups excluding carboxylic acids is 2. The molecule has 0 aliphatic carbocycles. The van der Waals surface area contributed by atoms with Crippen LogP contribution in [0.1, 0.15) is 58.0 Å². The predicted molar refractivity (Wildman–Crippen MR) is 98.1 cm³/mol. The summed E-state index contributed by atoms with van der Waals surface area (Å²) in [4.78, 5) is 37.2. The highest BCUT2D eigenvalue weighted by molar-refractivity contribution is 5.88. The van der Waals surface area contributed by atoms with E-state index in [4.69, 9.17) is 4.74 Å². The highest BCUT2D eigenvalue weighted by atomic mass is 16.6. The highest BCUT2D eigenvalue weighted by Gasteiger charge is 2.33. The Labute approximate surface area is 154 Å². The number of nitrogens with zero attached hydrogens (tertiary/aromatic N) is 4. The van der Waals surface area contributed by atoms with E-state index in [1.165, 1.54) is 0 Å². The second-order valence-electron chi connectivity index (χ2n) is 8.35. The summed E-state index contributed by atoms with van der Waals surface area (Å²) in [6, 6.07) is 1.82. The number of carbonyl (C=O) groups is 2. The van der Waals surface area contributed by atoms with Crippen LogP contribution < -0.4 is 4.90 Å². The number of ether oxygens (including phenoxy) is 1. The number of anilines is 1. The second-order valence-corrected chi connectivity index (χ2v) is 8.35. The first-order valence-corrected chi connectivity index (χ1v) is 9.28. The highest BCUT2D eigenvalue weighted by Crippen LogP contribution is 2.30. The first-order chi connectivity index (χ1) is 12.1. The normalized spacial score (nSPS) is 21.9. The van der Waals surface area contributed by atoms with Crippen molar-refractivity contribution in [2.75, 3.05) is 24.5 Å². The molecule has 2 aliphatic rings. The second kappa shape index (κ2) is 6.85. The Kier molecular flexibility index (Phi) is 4.90. The van der Waals surface area contributed by atoms with Crippen molar-refractivity contribution in [2.24, 2.45) is 5.41 Å². The van der Waals surface area contributed by atoms with E-state index in [2.05, 4.69) is 9.97 Å². The van der Waals surface area contributed by atoms with Crippen LogP contribution in [0.25, 0.3) is 0 Å². The lowest BCUT2D eigenvalue weighted by molar-refractivity contribution is -0.140. The number of aromatic nitrogens is 2. The van der Waals surface area contributed by atoms with Gasteiger partial charge in [0.2, 0.25) is 5.91 Å². The van der Waals surface area contributed by atoms with Crippen molar-refractivity contribution in [3.05, 3.63) is 17.6 Å². The smallest absolute Gasteiger partial charge is 0.415 e. The van der Waals surface area contributed by atoms with Crippen LogP contribution in [0, 0.1) is 12.3 Å². The fourth-order valence-corrected chi connectivity index (χ4v) is 3.50. The molecule has 0 aromatic carbocycles. The molecular formula is C19H28N4O3. The van der Waals surface area contributed by atoms with Gasteiger partial charge in [-0.15, -0.1) is 0 Å². The van der Waals surface area contributed by atoms with E-state index >= 15 is 0 Å². The molecule has 2 aliphatic heterocycles. The molecule has 3 heterocycles. The van der Waals surface area contributed by atoms with Crippen molar-refractivity contribution in [1.29, 1.82) is 0 Å². The van der Waals surface area contributed by atoms with Crippen LogP contribution in [0.2, 0.25) is 0 Å². The van der Waals surface area contributed by atoms with Crippen molar-refractivity contribution < 1.29 is 14.3 Å². The van der Waals surface area contributed by atoms with Crippen LogP contribution in [0.15, 0.2) is 6.07 Å². The third kappa shape index (κ3) is 3.81. The predicted octanol–water partition coefficient (Wildman–Crippen LogP) is 2.88. The zero-order chi connectivity index (χ0) is 19.1. The molecule has 2 fully saturated rings. The molecule has 0 radical (unpaired) electrons. The average molecular weight is 360 g/mol. The number of likely N-dealkylation sites (tertiary alicyclic amines) is 1. The zero-order valence-electron chi connectivity index (χ0n) is 16.3. The van der Waals surface area contributed by atoms with E-state index in [9.17, 15) is 9.59 Å². The molecular weight excluding hydrogens is 332 g/mol. The molecule has 3 rings (SSSR count). The number of piperidine rings is 1. The summed E-state index contributed by atoms with van der Waals surface area (Å²) in [5.74, 6) is 1.76. The summed E-state index contributed by atoms with van der Waals surface area (Å²) in [5, 5.41) is 0. The Bertz CT molecular complexity index is 705. The van der Waals surface area contributed by atoms with E-state index in [0.717, 1.165) is 37.4 Å². The Hall–Kier alpha value is -2.18. The van der Waals surface area contributed by atoms with Crippen molar-refractivity contribution in [3.8, 4) is 0 Å². The Morgan fingerprint density at radius 3 is 2.42 bits per heavy atom. The molecule has 142 valence electrons. The number of hydrogen-bond donors (Lipinski definition) is 0.